The number of hydrogen-bond acceptors (Lipinski definition) is 4. The highest BCUT2D eigenvalue weighted by Crippen LogP contribution is 2.31. The molecule has 2 atom stereocenters. The lowest BCUT2D eigenvalue weighted by Crippen LogP contribution is -2.50. The minimum Gasteiger partial charge on any atom is -0.371 e. The van der Waals surface area contributed by atoms with E-state index >= 15 is 0 Å². The number of fused-ring (bicyclic) bond motifs is 1. The van der Waals surface area contributed by atoms with E-state index in [0.29, 0.717) is 18.8 Å². The molecule has 0 radical (unpaired) electrons. The first kappa shape index (κ1) is 13.7. The summed E-state index contributed by atoms with van der Waals surface area (Å²) in [5.74, 6) is 1.01. The van der Waals surface area contributed by atoms with Gasteiger partial charge in [-0.1, -0.05) is 6.07 Å². The van der Waals surface area contributed by atoms with Crippen molar-refractivity contribution in [1.82, 2.24) is 14.8 Å². The fourth-order valence-corrected chi connectivity index (χ4v) is 3.70. The molecule has 21 heavy (non-hydrogen) atoms. The summed E-state index contributed by atoms with van der Waals surface area (Å²) >= 11 is 0. The summed E-state index contributed by atoms with van der Waals surface area (Å²) in [5, 5.41) is 0. The van der Waals surface area contributed by atoms with Crippen LogP contribution in [0.5, 0.6) is 0 Å². The molecule has 4 nitrogen and oxygen atoms in total. The molecule has 114 valence electrons. The third kappa shape index (κ3) is 3.44. The van der Waals surface area contributed by atoms with E-state index in [9.17, 15) is 0 Å². The zero-order valence-corrected chi connectivity index (χ0v) is 12.7. The Morgan fingerprint density at radius 3 is 2.95 bits per heavy atom. The quantitative estimate of drug-likeness (QED) is 0.825. The van der Waals surface area contributed by atoms with E-state index in [4.69, 9.17) is 4.74 Å². The summed E-state index contributed by atoms with van der Waals surface area (Å²) in [6, 6.07) is 6.73. The lowest BCUT2D eigenvalue weighted by molar-refractivity contribution is 0.0441. The third-order valence-corrected chi connectivity index (χ3v) is 5.07. The van der Waals surface area contributed by atoms with E-state index in [-0.39, 0.29) is 0 Å². The van der Waals surface area contributed by atoms with Crippen molar-refractivity contribution in [3.63, 3.8) is 0 Å². The molecule has 0 amide bonds. The van der Waals surface area contributed by atoms with Gasteiger partial charge in [0.2, 0.25) is 0 Å². The number of hydrogen-bond donors (Lipinski definition) is 0. The molecule has 3 heterocycles. The maximum absolute atomic E-state index is 6.09. The molecule has 2 saturated heterocycles. The number of piperazine rings is 1. The van der Waals surface area contributed by atoms with Crippen LogP contribution in [0.2, 0.25) is 0 Å². The largest absolute Gasteiger partial charge is 0.371 e. The van der Waals surface area contributed by atoms with Gasteiger partial charge < -0.3 is 9.64 Å². The average molecular weight is 287 g/mol. The van der Waals surface area contributed by atoms with Crippen LogP contribution in [0, 0.1) is 5.92 Å². The minimum absolute atomic E-state index is 0.387. The second kappa shape index (κ2) is 6.03. The molecule has 3 aliphatic rings. The normalized spacial score (nSPS) is 30.5. The summed E-state index contributed by atoms with van der Waals surface area (Å²) in [6.45, 7) is 6.82. The fourth-order valence-electron chi connectivity index (χ4n) is 3.70. The molecule has 2 aliphatic heterocycles. The topological polar surface area (TPSA) is 28.6 Å². The van der Waals surface area contributed by atoms with Crippen molar-refractivity contribution in [2.45, 2.75) is 38.0 Å². The van der Waals surface area contributed by atoms with E-state index in [1.807, 2.05) is 24.4 Å². The van der Waals surface area contributed by atoms with Gasteiger partial charge in [-0.2, -0.15) is 0 Å². The van der Waals surface area contributed by atoms with Crippen molar-refractivity contribution in [2.75, 3.05) is 32.7 Å². The predicted molar refractivity (Wildman–Crippen MR) is 82.0 cm³/mol. The van der Waals surface area contributed by atoms with Crippen LogP contribution >= 0.6 is 0 Å². The molecule has 0 unspecified atom stereocenters. The summed E-state index contributed by atoms with van der Waals surface area (Å²) in [5.41, 5.74) is 1.04. The average Bonchev–Trinajstić information content (AvgIpc) is 3.23. The number of nitrogens with zero attached hydrogens (tertiary/aromatic N) is 3. The molecule has 0 N–H and O–H groups in total. The predicted octanol–water partition coefficient (Wildman–Crippen LogP) is 1.77. The monoisotopic (exact) mass is 287 g/mol. The van der Waals surface area contributed by atoms with Gasteiger partial charge in [-0.3, -0.25) is 9.88 Å². The standard InChI is InChI=1S/C17H25N3O/c1-2-6-18-15(3-1)13-21-17-9-16-11-19(10-14-4-5-14)7-8-20(16)12-17/h1-3,6,14,16-17H,4-5,7-13H2/t16-,17+/m0/s1. The Morgan fingerprint density at radius 1 is 1.19 bits per heavy atom. The Kier molecular flexibility index (Phi) is 3.93. The van der Waals surface area contributed by atoms with Gasteiger partial charge in [0.25, 0.3) is 0 Å². The van der Waals surface area contributed by atoms with Crippen molar-refractivity contribution < 1.29 is 4.74 Å². The Bertz CT molecular complexity index is 462. The van der Waals surface area contributed by atoms with E-state index in [1.54, 1.807) is 0 Å². The molecule has 1 aromatic rings. The number of ether oxygens (including phenoxy) is 1. The third-order valence-electron chi connectivity index (χ3n) is 5.07. The highest BCUT2D eigenvalue weighted by atomic mass is 16.5. The van der Waals surface area contributed by atoms with Gasteiger partial charge in [0.1, 0.15) is 0 Å². The van der Waals surface area contributed by atoms with Gasteiger partial charge >= 0.3 is 0 Å². The second-order valence-corrected chi connectivity index (χ2v) is 6.84. The van der Waals surface area contributed by atoms with E-state index < -0.39 is 0 Å². The van der Waals surface area contributed by atoms with Crippen LogP contribution < -0.4 is 0 Å². The highest BCUT2D eigenvalue weighted by Gasteiger charge is 2.37. The van der Waals surface area contributed by atoms with Crippen molar-refractivity contribution in [1.29, 1.82) is 0 Å². The molecule has 1 aromatic heterocycles. The van der Waals surface area contributed by atoms with E-state index in [0.717, 1.165) is 18.2 Å². The molecule has 4 heteroatoms. The lowest BCUT2D eigenvalue weighted by Gasteiger charge is -2.37. The van der Waals surface area contributed by atoms with E-state index in [1.165, 1.54) is 45.4 Å². The zero-order chi connectivity index (χ0) is 14.1. The Balaban J connectivity index is 1.26. The maximum Gasteiger partial charge on any atom is 0.0892 e. The molecular weight excluding hydrogens is 262 g/mol. The van der Waals surface area contributed by atoms with Crippen molar-refractivity contribution in [3.8, 4) is 0 Å². The molecule has 0 aromatic carbocycles. The van der Waals surface area contributed by atoms with Crippen LogP contribution in [0.3, 0.4) is 0 Å². The van der Waals surface area contributed by atoms with Gasteiger partial charge in [-0.15, -0.1) is 0 Å². The fraction of sp³-hybridized carbons (Fsp3) is 0.706. The highest BCUT2D eigenvalue weighted by molar-refractivity contribution is 5.02. The number of pyridine rings is 1. The summed E-state index contributed by atoms with van der Waals surface area (Å²) in [6.07, 6.45) is 6.33. The van der Waals surface area contributed by atoms with Crippen LogP contribution in [0.15, 0.2) is 24.4 Å². The van der Waals surface area contributed by atoms with Gasteiger partial charge in [0.05, 0.1) is 18.4 Å². The smallest absolute Gasteiger partial charge is 0.0892 e. The van der Waals surface area contributed by atoms with Crippen molar-refractivity contribution in [3.05, 3.63) is 30.1 Å². The number of rotatable bonds is 5. The summed E-state index contributed by atoms with van der Waals surface area (Å²) in [7, 11) is 0. The van der Waals surface area contributed by atoms with Gasteiger partial charge in [0.15, 0.2) is 0 Å². The first-order chi connectivity index (χ1) is 10.4. The number of aromatic nitrogens is 1. The SMILES string of the molecule is c1ccc(CO[C@@H]2C[C@H]3CN(CC4CC4)CCN3C2)nc1. The zero-order valence-electron chi connectivity index (χ0n) is 12.7. The van der Waals surface area contributed by atoms with Crippen molar-refractivity contribution >= 4 is 0 Å². The molecule has 0 spiro atoms. The summed E-state index contributed by atoms with van der Waals surface area (Å²) < 4.78 is 6.09. The van der Waals surface area contributed by atoms with Gasteiger partial charge in [-0.25, -0.2) is 0 Å². The van der Waals surface area contributed by atoms with Crippen LogP contribution in [-0.2, 0) is 11.3 Å². The van der Waals surface area contributed by atoms with Gasteiger partial charge in [-0.05, 0) is 37.3 Å². The van der Waals surface area contributed by atoms with Crippen LogP contribution in [0.4, 0.5) is 0 Å². The molecule has 1 saturated carbocycles. The first-order valence-corrected chi connectivity index (χ1v) is 8.35. The Hall–Kier alpha value is -0.970. The second-order valence-electron chi connectivity index (χ2n) is 6.84. The molecule has 3 fully saturated rings. The minimum atomic E-state index is 0.387. The van der Waals surface area contributed by atoms with Crippen molar-refractivity contribution in [2.24, 2.45) is 5.92 Å². The molecular formula is C17H25N3O. The molecule has 1 aliphatic carbocycles. The first-order valence-electron chi connectivity index (χ1n) is 8.35. The van der Waals surface area contributed by atoms with Crippen LogP contribution in [0.1, 0.15) is 25.0 Å². The lowest BCUT2D eigenvalue weighted by atomic mass is 10.1. The Labute approximate surface area is 127 Å². The van der Waals surface area contributed by atoms with Gasteiger partial charge in [0, 0.05) is 45.0 Å². The van der Waals surface area contributed by atoms with Crippen LogP contribution in [0.25, 0.3) is 0 Å². The summed E-state index contributed by atoms with van der Waals surface area (Å²) in [4.78, 5) is 9.65. The molecule has 0 bridgehead atoms. The Morgan fingerprint density at radius 2 is 2.14 bits per heavy atom. The molecule has 4 rings (SSSR count). The maximum atomic E-state index is 6.09. The van der Waals surface area contributed by atoms with Crippen LogP contribution in [-0.4, -0.2) is 59.7 Å². The van der Waals surface area contributed by atoms with E-state index in [2.05, 4.69) is 14.8 Å².